The third-order valence-electron chi connectivity index (χ3n) is 10.2. The smallest absolute Gasteiger partial charge is 0.424 e. The molecular weight excluding hydrogens is 752 g/mol. The summed E-state index contributed by atoms with van der Waals surface area (Å²) in [7, 11) is 3.32. The molecule has 6 rings (SSSR count). The normalized spacial score (nSPS) is 23.1. The number of nitrogens with zero attached hydrogens (tertiary/aromatic N) is 6. The predicted octanol–water partition coefficient (Wildman–Crippen LogP) is 5.11. The quantitative estimate of drug-likeness (QED) is 0.404. The third-order valence-corrected chi connectivity index (χ3v) is 10.2. The summed E-state index contributed by atoms with van der Waals surface area (Å²) in [4.78, 5) is 108. The number of likely N-dealkylation sites (N-methyl/N-ethyl adjacent to an activating group) is 2. The van der Waals surface area contributed by atoms with E-state index in [1.165, 1.54) is 26.8 Å². The lowest BCUT2D eigenvalue weighted by molar-refractivity contribution is -0.152. The first-order valence-electron chi connectivity index (χ1n) is 19.1. The monoisotopic (exact) mass is 804 g/mol. The molecule has 0 saturated carbocycles. The summed E-state index contributed by atoms with van der Waals surface area (Å²) in [6, 6.07) is 11.4. The van der Waals surface area contributed by atoms with Crippen LogP contribution in [0.1, 0.15) is 96.0 Å². The lowest BCUT2D eigenvalue weighted by Crippen LogP contribution is -2.57. The molecule has 58 heavy (non-hydrogen) atoms. The van der Waals surface area contributed by atoms with Crippen LogP contribution < -0.4 is 0 Å². The lowest BCUT2D eigenvalue weighted by Gasteiger charge is -2.34. The first kappa shape index (κ1) is 43.1. The van der Waals surface area contributed by atoms with Crippen molar-refractivity contribution in [2.75, 3.05) is 27.2 Å². The number of carbonyl (C=O) groups is 8. The molecule has 4 heterocycles. The topological polar surface area (TPSA) is 195 Å². The number of hydrogen-bond acceptors (Lipinski definition) is 11. The van der Waals surface area contributed by atoms with Gasteiger partial charge >= 0.3 is 24.2 Å². The highest BCUT2D eigenvalue weighted by molar-refractivity contribution is 6.13. The van der Waals surface area contributed by atoms with E-state index in [1.807, 2.05) is 31.2 Å². The Balaban J connectivity index is 0.000000221. The van der Waals surface area contributed by atoms with Gasteiger partial charge in [-0.25, -0.2) is 19.2 Å². The Morgan fingerprint density at radius 2 is 0.931 bits per heavy atom. The Labute approximate surface area is 337 Å². The van der Waals surface area contributed by atoms with E-state index in [-0.39, 0.29) is 62.1 Å². The standard InChI is InChI=1S/C21H27N3O5.C20H25N3O6/c1-13-6-8-14(9-7-13)16-12-23(19(27)22(16)5)15-10-11-17(25)24(18(15)26)20(28)29-21(2,3)4;1-20(2,3)29-19(28)23-16(25)10-9-14(17(23)26)22-11-15(21(4)18(22)27)12-5-7-13(24)8-6-12/h6-9,15-16H,10-12H2,1-5H3;5-8,14-15,24H,9-11H2,1-4H3. The molecule has 4 fully saturated rings. The average molecular weight is 805 g/mol. The van der Waals surface area contributed by atoms with Crippen molar-refractivity contribution >= 4 is 47.9 Å². The van der Waals surface area contributed by atoms with Crippen LogP contribution in [-0.2, 0) is 28.7 Å². The Morgan fingerprint density at radius 3 is 1.28 bits per heavy atom. The van der Waals surface area contributed by atoms with E-state index in [4.69, 9.17) is 9.47 Å². The molecule has 4 unspecified atom stereocenters. The number of aromatic hydroxyl groups is 1. The summed E-state index contributed by atoms with van der Waals surface area (Å²) >= 11 is 0. The maximum absolute atomic E-state index is 13.0. The number of piperidine rings is 2. The summed E-state index contributed by atoms with van der Waals surface area (Å²) in [6.45, 7) is 12.4. The minimum atomic E-state index is -1.02. The number of aryl methyl sites for hydroxylation is 1. The van der Waals surface area contributed by atoms with Gasteiger partial charge in [-0.15, -0.1) is 0 Å². The minimum Gasteiger partial charge on any atom is -0.508 e. The van der Waals surface area contributed by atoms with E-state index in [1.54, 1.807) is 72.7 Å². The van der Waals surface area contributed by atoms with Crippen LogP contribution in [0.4, 0.5) is 19.2 Å². The number of imide groups is 6. The van der Waals surface area contributed by atoms with E-state index in [0.717, 1.165) is 16.7 Å². The number of rotatable bonds is 4. The van der Waals surface area contributed by atoms with Crippen LogP contribution in [0.15, 0.2) is 48.5 Å². The number of amides is 10. The fourth-order valence-corrected chi connectivity index (χ4v) is 7.22. The molecule has 4 atom stereocenters. The zero-order chi connectivity index (χ0) is 43.0. The fourth-order valence-electron chi connectivity index (χ4n) is 7.22. The van der Waals surface area contributed by atoms with Crippen molar-refractivity contribution in [2.45, 2.75) is 110 Å². The number of benzene rings is 2. The molecule has 0 bridgehead atoms. The van der Waals surface area contributed by atoms with Gasteiger partial charge in [0.25, 0.3) is 11.8 Å². The molecule has 2 aromatic rings. The summed E-state index contributed by atoms with van der Waals surface area (Å²) < 4.78 is 10.4. The van der Waals surface area contributed by atoms with Crippen molar-refractivity contribution in [1.29, 1.82) is 0 Å². The van der Waals surface area contributed by atoms with Crippen molar-refractivity contribution in [2.24, 2.45) is 0 Å². The Hall–Kier alpha value is -6.00. The summed E-state index contributed by atoms with van der Waals surface area (Å²) in [5, 5.41) is 9.48. The Kier molecular flexibility index (Phi) is 12.2. The van der Waals surface area contributed by atoms with Crippen LogP contribution in [0.3, 0.4) is 0 Å². The predicted molar refractivity (Wildman–Crippen MR) is 207 cm³/mol. The van der Waals surface area contributed by atoms with E-state index in [2.05, 4.69) is 0 Å². The molecular formula is C41H52N6O11. The van der Waals surface area contributed by atoms with Gasteiger partial charge in [-0.2, -0.15) is 9.80 Å². The summed E-state index contributed by atoms with van der Waals surface area (Å²) in [5.74, 6) is -2.57. The number of ether oxygens (including phenoxy) is 2. The van der Waals surface area contributed by atoms with Gasteiger partial charge in [0.05, 0.1) is 12.1 Å². The molecule has 0 aliphatic carbocycles. The molecule has 0 spiro atoms. The Morgan fingerprint density at radius 1 is 0.586 bits per heavy atom. The first-order valence-corrected chi connectivity index (χ1v) is 19.1. The lowest BCUT2D eigenvalue weighted by atomic mass is 10.0. The van der Waals surface area contributed by atoms with Gasteiger partial charge in [-0.05, 0) is 84.6 Å². The molecule has 17 heteroatoms. The fraction of sp³-hybridized carbons (Fsp3) is 0.512. The SMILES string of the molecule is CN1C(=O)N(C2CCC(=O)N(C(=O)OC(C)(C)C)C2=O)CC1c1ccc(O)cc1.Cc1ccc(C2CN(C3CCC(=O)N(C(=O)OC(C)(C)C)C3=O)C(=O)N2C)cc1. The van der Waals surface area contributed by atoms with E-state index >= 15 is 0 Å². The average Bonchev–Trinajstić information content (AvgIpc) is 3.57. The van der Waals surface area contributed by atoms with Crippen LogP contribution >= 0.6 is 0 Å². The number of carbonyl (C=O) groups excluding carboxylic acids is 8. The molecule has 17 nitrogen and oxygen atoms in total. The van der Waals surface area contributed by atoms with Gasteiger partial charge in [0.15, 0.2) is 0 Å². The summed E-state index contributed by atoms with van der Waals surface area (Å²) in [5.41, 5.74) is 1.19. The highest BCUT2D eigenvalue weighted by Gasteiger charge is 2.50. The molecule has 4 aliphatic rings. The maximum atomic E-state index is 13.0. The number of phenols is 1. The van der Waals surface area contributed by atoms with Crippen LogP contribution in [0.2, 0.25) is 0 Å². The van der Waals surface area contributed by atoms with Crippen LogP contribution in [-0.4, -0.2) is 133 Å². The zero-order valence-electron chi connectivity index (χ0n) is 34.4. The minimum absolute atomic E-state index is 0.00164. The molecule has 4 aliphatic heterocycles. The molecule has 312 valence electrons. The van der Waals surface area contributed by atoms with E-state index in [0.29, 0.717) is 16.3 Å². The Bertz CT molecular complexity index is 1830. The second kappa shape index (κ2) is 16.5. The molecule has 4 saturated heterocycles. The van der Waals surface area contributed by atoms with Crippen LogP contribution in [0, 0.1) is 6.92 Å². The van der Waals surface area contributed by atoms with Crippen molar-refractivity contribution in [3.63, 3.8) is 0 Å². The third kappa shape index (κ3) is 9.24. The second-order valence-electron chi connectivity index (χ2n) is 16.8. The van der Waals surface area contributed by atoms with Crippen molar-refractivity contribution in [3.05, 3.63) is 65.2 Å². The van der Waals surface area contributed by atoms with Gasteiger partial charge < -0.3 is 34.2 Å². The number of likely N-dealkylation sites (tertiary alicyclic amines) is 2. The molecule has 10 amide bonds. The zero-order valence-corrected chi connectivity index (χ0v) is 34.4. The molecule has 1 N–H and O–H groups in total. The summed E-state index contributed by atoms with van der Waals surface area (Å²) in [6.07, 6.45) is -1.71. The maximum Gasteiger partial charge on any atom is 0.424 e. The van der Waals surface area contributed by atoms with Gasteiger partial charge in [-0.1, -0.05) is 42.0 Å². The molecule has 0 aromatic heterocycles. The highest BCUT2D eigenvalue weighted by Crippen LogP contribution is 2.35. The van der Waals surface area contributed by atoms with Crippen LogP contribution in [0.25, 0.3) is 0 Å². The second-order valence-corrected chi connectivity index (χ2v) is 16.8. The highest BCUT2D eigenvalue weighted by atomic mass is 16.6. The molecule has 0 radical (unpaired) electrons. The first-order chi connectivity index (χ1) is 27.0. The van der Waals surface area contributed by atoms with Gasteiger partial charge in [-0.3, -0.25) is 19.2 Å². The van der Waals surface area contributed by atoms with Crippen LogP contribution in [0.5, 0.6) is 5.75 Å². The van der Waals surface area contributed by atoms with E-state index in [9.17, 15) is 43.5 Å². The van der Waals surface area contributed by atoms with Gasteiger partial charge in [0, 0.05) is 40.0 Å². The number of urea groups is 2. The largest absolute Gasteiger partial charge is 0.508 e. The van der Waals surface area contributed by atoms with E-state index < -0.39 is 59.1 Å². The number of phenolic OH excluding ortho intramolecular Hbond substituents is 1. The number of hydrogen-bond donors (Lipinski definition) is 1. The van der Waals surface area contributed by atoms with Gasteiger partial charge in [0.2, 0.25) is 11.8 Å². The van der Waals surface area contributed by atoms with Crippen molar-refractivity contribution < 1.29 is 52.9 Å². The van der Waals surface area contributed by atoms with Gasteiger partial charge in [0.1, 0.15) is 29.0 Å². The van der Waals surface area contributed by atoms with Crippen molar-refractivity contribution in [1.82, 2.24) is 29.4 Å². The molecule has 2 aromatic carbocycles. The van der Waals surface area contributed by atoms with Crippen molar-refractivity contribution in [3.8, 4) is 5.75 Å².